The van der Waals surface area contributed by atoms with Crippen LogP contribution in [0.4, 0.5) is 0 Å². The lowest BCUT2D eigenvalue weighted by Crippen LogP contribution is -2.20. The first-order chi connectivity index (χ1) is 7.86. The molecule has 1 aliphatic heterocycles. The van der Waals surface area contributed by atoms with Gasteiger partial charge in [0.05, 0.1) is 6.10 Å². The van der Waals surface area contributed by atoms with Gasteiger partial charge in [-0.15, -0.1) is 0 Å². The van der Waals surface area contributed by atoms with Crippen molar-refractivity contribution in [3.8, 4) is 0 Å². The number of nitrogens with one attached hydrogen (secondary N) is 1. The van der Waals surface area contributed by atoms with Crippen LogP contribution in [0.1, 0.15) is 30.4 Å². The molecular weight excluding hydrogens is 200 g/mol. The van der Waals surface area contributed by atoms with Gasteiger partial charge in [0.2, 0.25) is 0 Å². The third kappa shape index (κ3) is 3.29. The van der Waals surface area contributed by atoms with Crippen molar-refractivity contribution in [3.63, 3.8) is 0 Å². The summed E-state index contributed by atoms with van der Waals surface area (Å²) in [6, 6.07) is 2.05. The molecule has 0 aliphatic carbocycles. The Morgan fingerprint density at radius 2 is 2.50 bits per heavy atom. The standard InChI is InChI=1S/C13H20N2O/c1-11-4-6-14-9-12(11)10-15-7-5-13-3-2-8-16-13/h4,6,9,13,15H,2-3,5,7-8,10H2,1H3. The molecule has 0 amide bonds. The molecule has 2 rings (SSSR count). The summed E-state index contributed by atoms with van der Waals surface area (Å²) >= 11 is 0. The zero-order chi connectivity index (χ0) is 11.2. The van der Waals surface area contributed by atoms with Crippen molar-refractivity contribution in [2.24, 2.45) is 0 Å². The van der Waals surface area contributed by atoms with Crippen LogP contribution in [-0.2, 0) is 11.3 Å². The molecule has 3 nitrogen and oxygen atoms in total. The van der Waals surface area contributed by atoms with E-state index >= 15 is 0 Å². The quantitative estimate of drug-likeness (QED) is 0.771. The summed E-state index contributed by atoms with van der Waals surface area (Å²) in [4.78, 5) is 4.14. The fourth-order valence-corrected chi connectivity index (χ4v) is 2.04. The third-order valence-corrected chi connectivity index (χ3v) is 3.13. The van der Waals surface area contributed by atoms with Gasteiger partial charge in [-0.2, -0.15) is 0 Å². The summed E-state index contributed by atoms with van der Waals surface area (Å²) in [5.41, 5.74) is 2.59. The van der Waals surface area contributed by atoms with Crippen LogP contribution in [0, 0.1) is 6.92 Å². The van der Waals surface area contributed by atoms with Gasteiger partial charge < -0.3 is 10.1 Å². The highest BCUT2D eigenvalue weighted by atomic mass is 16.5. The Balaban J connectivity index is 1.66. The molecule has 2 heterocycles. The molecule has 0 saturated carbocycles. The zero-order valence-corrected chi connectivity index (χ0v) is 9.91. The maximum atomic E-state index is 5.58. The largest absolute Gasteiger partial charge is 0.378 e. The van der Waals surface area contributed by atoms with Crippen molar-refractivity contribution >= 4 is 0 Å². The molecule has 1 N–H and O–H groups in total. The molecule has 1 atom stereocenters. The summed E-state index contributed by atoms with van der Waals surface area (Å²) < 4.78 is 5.58. The average Bonchev–Trinajstić information content (AvgIpc) is 2.79. The maximum absolute atomic E-state index is 5.58. The van der Waals surface area contributed by atoms with Crippen molar-refractivity contribution in [2.75, 3.05) is 13.2 Å². The lowest BCUT2D eigenvalue weighted by Gasteiger charge is -2.10. The van der Waals surface area contributed by atoms with Crippen molar-refractivity contribution < 1.29 is 4.74 Å². The second-order valence-electron chi connectivity index (χ2n) is 4.40. The van der Waals surface area contributed by atoms with Gasteiger partial charge >= 0.3 is 0 Å². The van der Waals surface area contributed by atoms with Gasteiger partial charge in [0, 0.05) is 25.5 Å². The highest BCUT2D eigenvalue weighted by Gasteiger charge is 2.14. The Labute approximate surface area is 97.2 Å². The van der Waals surface area contributed by atoms with Gasteiger partial charge in [-0.05, 0) is 49.9 Å². The van der Waals surface area contributed by atoms with Gasteiger partial charge in [-0.1, -0.05) is 0 Å². The highest BCUT2D eigenvalue weighted by Crippen LogP contribution is 2.14. The number of hydrogen-bond donors (Lipinski definition) is 1. The second kappa shape index (κ2) is 5.97. The lowest BCUT2D eigenvalue weighted by atomic mass is 10.1. The lowest BCUT2D eigenvalue weighted by molar-refractivity contribution is 0.104. The Bertz CT molecular complexity index is 321. The molecule has 0 bridgehead atoms. The third-order valence-electron chi connectivity index (χ3n) is 3.13. The minimum Gasteiger partial charge on any atom is -0.378 e. The van der Waals surface area contributed by atoms with Gasteiger partial charge in [0.25, 0.3) is 0 Å². The van der Waals surface area contributed by atoms with E-state index in [0.717, 1.165) is 26.1 Å². The molecule has 1 aromatic heterocycles. The van der Waals surface area contributed by atoms with Crippen molar-refractivity contribution in [3.05, 3.63) is 29.6 Å². The molecule has 1 fully saturated rings. The predicted octanol–water partition coefficient (Wildman–Crippen LogP) is 2.05. The highest BCUT2D eigenvalue weighted by molar-refractivity contribution is 5.20. The fourth-order valence-electron chi connectivity index (χ4n) is 2.04. The van der Waals surface area contributed by atoms with Crippen LogP contribution in [0.5, 0.6) is 0 Å². The van der Waals surface area contributed by atoms with Gasteiger partial charge in [0.1, 0.15) is 0 Å². The van der Waals surface area contributed by atoms with Crippen LogP contribution < -0.4 is 5.32 Å². The molecule has 3 heteroatoms. The number of aromatic nitrogens is 1. The van der Waals surface area contributed by atoms with Crippen LogP contribution in [0.2, 0.25) is 0 Å². The van der Waals surface area contributed by atoms with E-state index in [-0.39, 0.29) is 0 Å². The minimum atomic E-state index is 0.488. The normalized spacial score (nSPS) is 20.2. The molecule has 1 unspecified atom stereocenters. The SMILES string of the molecule is Cc1ccncc1CNCCC1CCCO1. The van der Waals surface area contributed by atoms with Gasteiger partial charge in [0.15, 0.2) is 0 Å². The molecule has 1 saturated heterocycles. The van der Waals surface area contributed by atoms with E-state index in [1.807, 2.05) is 12.4 Å². The van der Waals surface area contributed by atoms with E-state index in [1.165, 1.54) is 24.0 Å². The fraction of sp³-hybridized carbons (Fsp3) is 0.615. The van der Waals surface area contributed by atoms with Crippen LogP contribution in [0.25, 0.3) is 0 Å². The number of pyridine rings is 1. The molecule has 1 aliphatic rings. The van der Waals surface area contributed by atoms with Crippen LogP contribution in [-0.4, -0.2) is 24.2 Å². The van der Waals surface area contributed by atoms with Crippen molar-refractivity contribution in [1.29, 1.82) is 0 Å². The topological polar surface area (TPSA) is 34.2 Å². The van der Waals surface area contributed by atoms with E-state index in [2.05, 4.69) is 23.3 Å². The zero-order valence-electron chi connectivity index (χ0n) is 9.91. The van der Waals surface area contributed by atoms with Crippen LogP contribution in [0.3, 0.4) is 0 Å². The number of hydrogen-bond acceptors (Lipinski definition) is 3. The van der Waals surface area contributed by atoms with Crippen molar-refractivity contribution in [1.82, 2.24) is 10.3 Å². The predicted molar refractivity (Wildman–Crippen MR) is 64.3 cm³/mol. The molecule has 0 spiro atoms. The first-order valence-electron chi connectivity index (χ1n) is 6.08. The monoisotopic (exact) mass is 220 g/mol. The Hall–Kier alpha value is -0.930. The molecular formula is C13H20N2O. The first-order valence-corrected chi connectivity index (χ1v) is 6.08. The summed E-state index contributed by atoms with van der Waals surface area (Å²) in [5.74, 6) is 0. The van der Waals surface area contributed by atoms with E-state index in [0.29, 0.717) is 6.10 Å². The first kappa shape index (κ1) is 11.6. The molecule has 0 radical (unpaired) electrons. The van der Waals surface area contributed by atoms with Crippen molar-refractivity contribution in [2.45, 2.75) is 38.8 Å². The number of nitrogens with zero attached hydrogens (tertiary/aromatic N) is 1. The molecule has 88 valence electrons. The molecule has 16 heavy (non-hydrogen) atoms. The second-order valence-corrected chi connectivity index (χ2v) is 4.40. The summed E-state index contributed by atoms with van der Waals surface area (Å²) in [6.45, 7) is 5.01. The number of aryl methyl sites for hydroxylation is 1. The number of ether oxygens (including phenoxy) is 1. The molecule has 0 aromatic carbocycles. The van der Waals surface area contributed by atoms with Gasteiger partial charge in [-0.25, -0.2) is 0 Å². The van der Waals surface area contributed by atoms with E-state index in [1.54, 1.807) is 0 Å². The Morgan fingerprint density at radius 3 is 3.25 bits per heavy atom. The smallest absolute Gasteiger partial charge is 0.0588 e. The van der Waals surface area contributed by atoms with E-state index < -0.39 is 0 Å². The number of rotatable bonds is 5. The average molecular weight is 220 g/mol. The molecule has 1 aromatic rings. The Kier molecular flexibility index (Phi) is 4.31. The maximum Gasteiger partial charge on any atom is 0.0588 e. The van der Waals surface area contributed by atoms with Crippen LogP contribution >= 0.6 is 0 Å². The summed E-state index contributed by atoms with van der Waals surface area (Å²) in [6.07, 6.45) is 7.85. The summed E-state index contributed by atoms with van der Waals surface area (Å²) in [7, 11) is 0. The minimum absolute atomic E-state index is 0.488. The van der Waals surface area contributed by atoms with E-state index in [4.69, 9.17) is 4.74 Å². The van der Waals surface area contributed by atoms with Crippen LogP contribution in [0.15, 0.2) is 18.5 Å². The summed E-state index contributed by atoms with van der Waals surface area (Å²) in [5, 5.41) is 3.45. The Morgan fingerprint density at radius 1 is 1.56 bits per heavy atom. The van der Waals surface area contributed by atoms with Gasteiger partial charge in [-0.3, -0.25) is 4.98 Å². The van der Waals surface area contributed by atoms with E-state index in [9.17, 15) is 0 Å².